The lowest BCUT2D eigenvalue weighted by atomic mass is 9.87. The zero-order valence-electron chi connectivity index (χ0n) is 16.7. The van der Waals surface area contributed by atoms with Crippen LogP contribution in [0.15, 0.2) is 46.9 Å². The lowest BCUT2D eigenvalue weighted by Crippen LogP contribution is -2.43. The van der Waals surface area contributed by atoms with Gasteiger partial charge in [-0.3, -0.25) is 20.4 Å². The summed E-state index contributed by atoms with van der Waals surface area (Å²) in [7, 11) is 1.25. The van der Waals surface area contributed by atoms with Gasteiger partial charge in [-0.1, -0.05) is 32.9 Å². The molecule has 0 spiro atoms. The first-order valence-corrected chi connectivity index (χ1v) is 9.61. The highest BCUT2D eigenvalue weighted by Crippen LogP contribution is 2.31. The lowest BCUT2D eigenvalue weighted by Gasteiger charge is -2.20. The van der Waals surface area contributed by atoms with Crippen molar-refractivity contribution >= 4 is 33.7 Å². The molecule has 2 amide bonds. The van der Waals surface area contributed by atoms with Gasteiger partial charge in [0, 0.05) is 5.56 Å². The summed E-state index contributed by atoms with van der Waals surface area (Å²) in [5.74, 6) is -1.14. The van der Waals surface area contributed by atoms with E-state index in [0.717, 1.165) is 10.0 Å². The maximum absolute atomic E-state index is 12.1. The van der Waals surface area contributed by atoms with Gasteiger partial charge in [0.15, 0.2) is 6.61 Å². The molecule has 2 N–H and O–H groups in total. The summed E-state index contributed by atoms with van der Waals surface area (Å²) < 4.78 is 10.9. The number of ether oxygens (including phenoxy) is 2. The van der Waals surface area contributed by atoms with E-state index in [0.29, 0.717) is 5.75 Å². The van der Waals surface area contributed by atoms with Crippen LogP contribution in [-0.4, -0.2) is 31.5 Å². The van der Waals surface area contributed by atoms with Crippen LogP contribution in [0.5, 0.6) is 5.75 Å². The number of carbonyl (C=O) groups excluding carboxylic acids is 3. The van der Waals surface area contributed by atoms with Crippen LogP contribution in [0.2, 0.25) is 0 Å². The van der Waals surface area contributed by atoms with Gasteiger partial charge in [0.1, 0.15) is 5.75 Å². The van der Waals surface area contributed by atoms with Gasteiger partial charge in [-0.05, 0) is 57.2 Å². The summed E-state index contributed by atoms with van der Waals surface area (Å²) in [4.78, 5) is 35.7. The third kappa shape index (κ3) is 6.32. The van der Waals surface area contributed by atoms with E-state index in [-0.39, 0.29) is 23.1 Å². The number of amides is 2. The molecule has 0 aromatic heterocycles. The highest BCUT2D eigenvalue weighted by molar-refractivity contribution is 9.10. The minimum Gasteiger partial charge on any atom is -0.483 e. The van der Waals surface area contributed by atoms with E-state index in [1.54, 1.807) is 12.1 Å². The van der Waals surface area contributed by atoms with Crippen LogP contribution < -0.4 is 15.6 Å². The van der Waals surface area contributed by atoms with Crippen LogP contribution in [0.4, 0.5) is 0 Å². The van der Waals surface area contributed by atoms with Crippen molar-refractivity contribution in [3.63, 3.8) is 0 Å². The Kier molecular flexibility index (Phi) is 7.39. The first kappa shape index (κ1) is 22.4. The molecule has 2 aromatic carbocycles. The fourth-order valence-corrected chi connectivity index (χ4v) is 2.86. The number of esters is 1. The van der Waals surface area contributed by atoms with Crippen molar-refractivity contribution in [2.24, 2.45) is 0 Å². The standard InChI is InChI=1S/C21H23BrN2O5/c1-21(2,3)15-8-9-17(16(22)11-15)29-12-18(25)23-24-19(26)13-6-5-7-14(10-13)20(27)28-4/h5-11H,12H2,1-4H3,(H,23,25)(H,24,26). The number of benzene rings is 2. The first-order chi connectivity index (χ1) is 13.6. The number of hydrogen-bond donors (Lipinski definition) is 2. The molecule has 0 bridgehead atoms. The Morgan fingerprint density at radius 1 is 1.00 bits per heavy atom. The molecule has 154 valence electrons. The van der Waals surface area contributed by atoms with E-state index in [9.17, 15) is 14.4 Å². The van der Waals surface area contributed by atoms with Crippen LogP contribution in [-0.2, 0) is 14.9 Å². The van der Waals surface area contributed by atoms with Crippen LogP contribution in [0.25, 0.3) is 0 Å². The maximum atomic E-state index is 12.1. The summed E-state index contributed by atoms with van der Waals surface area (Å²) >= 11 is 3.44. The van der Waals surface area contributed by atoms with Crippen molar-refractivity contribution < 1.29 is 23.9 Å². The van der Waals surface area contributed by atoms with Crippen LogP contribution >= 0.6 is 15.9 Å². The molecule has 0 atom stereocenters. The molecule has 8 heteroatoms. The second-order valence-corrected chi connectivity index (χ2v) is 8.11. The van der Waals surface area contributed by atoms with Crippen molar-refractivity contribution in [3.8, 4) is 5.75 Å². The summed E-state index contributed by atoms with van der Waals surface area (Å²) in [6.07, 6.45) is 0. The number of carbonyl (C=O) groups is 3. The summed E-state index contributed by atoms with van der Waals surface area (Å²) in [6, 6.07) is 11.6. The normalized spacial score (nSPS) is 10.8. The summed E-state index contributed by atoms with van der Waals surface area (Å²) in [6.45, 7) is 6.03. The SMILES string of the molecule is COC(=O)c1cccc(C(=O)NNC(=O)COc2ccc(C(C)(C)C)cc2Br)c1. The van der Waals surface area contributed by atoms with Gasteiger partial charge in [0.25, 0.3) is 11.8 Å². The topological polar surface area (TPSA) is 93.7 Å². The van der Waals surface area contributed by atoms with Gasteiger partial charge >= 0.3 is 5.97 Å². The molecule has 0 heterocycles. The Hall–Kier alpha value is -2.87. The summed E-state index contributed by atoms with van der Waals surface area (Å²) in [5.41, 5.74) is 6.11. The van der Waals surface area contributed by atoms with Crippen molar-refractivity contribution in [2.45, 2.75) is 26.2 Å². The van der Waals surface area contributed by atoms with Crippen LogP contribution in [0.3, 0.4) is 0 Å². The quantitative estimate of drug-likeness (QED) is 0.524. The highest BCUT2D eigenvalue weighted by atomic mass is 79.9. The Balaban J connectivity index is 1.89. The van der Waals surface area contributed by atoms with Gasteiger partial charge < -0.3 is 9.47 Å². The van der Waals surface area contributed by atoms with Gasteiger partial charge in [-0.2, -0.15) is 0 Å². The highest BCUT2D eigenvalue weighted by Gasteiger charge is 2.16. The van der Waals surface area contributed by atoms with Crippen LogP contribution in [0, 0.1) is 0 Å². The number of hydrazine groups is 1. The number of hydrogen-bond acceptors (Lipinski definition) is 5. The van der Waals surface area contributed by atoms with E-state index >= 15 is 0 Å². The number of rotatable bonds is 5. The molecule has 0 aliphatic heterocycles. The Morgan fingerprint density at radius 2 is 1.69 bits per heavy atom. The average molecular weight is 463 g/mol. The molecule has 0 saturated heterocycles. The average Bonchev–Trinajstić information content (AvgIpc) is 2.69. The molecule has 0 aliphatic rings. The van der Waals surface area contributed by atoms with Crippen molar-refractivity contribution in [3.05, 3.63) is 63.6 Å². The van der Waals surface area contributed by atoms with Crippen molar-refractivity contribution in [1.29, 1.82) is 0 Å². The van der Waals surface area contributed by atoms with E-state index in [1.807, 2.05) is 12.1 Å². The minimum atomic E-state index is -0.570. The monoisotopic (exact) mass is 462 g/mol. The Labute approximate surface area is 177 Å². The summed E-state index contributed by atoms with van der Waals surface area (Å²) in [5, 5.41) is 0. The molecular formula is C21H23BrN2O5. The van der Waals surface area contributed by atoms with Crippen molar-refractivity contribution in [1.82, 2.24) is 10.9 Å². The van der Waals surface area contributed by atoms with E-state index < -0.39 is 17.8 Å². The zero-order chi connectivity index (χ0) is 21.6. The largest absolute Gasteiger partial charge is 0.483 e. The number of methoxy groups -OCH3 is 1. The van der Waals surface area contributed by atoms with Crippen LogP contribution in [0.1, 0.15) is 47.1 Å². The van der Waals surface area contributed by atoms with E-state index in [2.05, 4.69) is 52.3 Å². The smallest absolute Gasteiger partial charge is 0.337 e. The van der Waals surface area contributed by atoms with E-state index in [4.69, 9.17) is 4.74 Å². The van der Waals surface area contributed by atoms with Gasteiger partial charge in [0.2, 0.25) is 0 Å². The minimum absolute atomic E-state index is 0.00607. The molecular weight excluding hydrogens is 440 g/mol. The third-order valence-electron chi connectivity index (χ3n) is 4.02. The van der Waals surface area contributed by atoms with Gasteiger partial charge in [-0.25, -0.2) is 4.79 Å². The van der Waals surface area contributed by atoms with Gasteiger partial charge in [0.05, 0.1) is 17.1 Å². The predicted octanol–water partition coefficient (Wildman–Crippen LogP) is 3.37. The molecule has 7 nitrogen and oxygen atoms in total. The molecule has 0 aliphatic carbocycles. The predicted molar refractivity (Wildman–Crippen MR) is 112 cm³/mol. The second-order valence-electron chi connectivity index (χ2n) is 7.26. The Bertz CT molecular complexity index is 922. The second kappa shape index (κ2) is 9.56. The Morgan fingerprint density at radius 3 is 2.31 bits per heavy atom. The molecule has 0 radical (unpaired) electrons. The molecule has 29 heavy (non-hydrogen) atoms. The van der Waals surface area contributed by atoms with E-state index in [1.165, 1.54) is 25.3 Å². The molecule has 0 unspecified atom stereocenters. The lowest BCUT2D eigenvalue weighted by molar-refractivity contribution is -0.123. The molecule has 2 aromatic rings. The van der Waals surface area contributed by atoms with Gasteiger partial charge in [-0.15, -0.1) is 0 Å². The molecule has 2 rings (SSSR count). The zero-order valence-corrected chi connectivity index (χ0v) is 18.3. The maximum Gasteiger partial charge on any atom is 0.337 e. The first-order valence-electron chi connectivity index (χ1n) is 8.82. The molecule has 0 saturated carbocycles. The molecule has 0 fully saturated rings. The number of halogens is 1. The number of nitrogens with one attached hydrogen (secondary N) is 2. The fraction of sp³-hybridized carbons (Fsp3) is 0.286. The third-order valence-corrected chi connectivity index (χ3v) is 4.64. The van der Waals surface area contributed by atoms with Crippen molar-refractivity contribution in [2.75, 3.05) is 13.7 Å². The fourth-order valence-electron chi connectivity index (χ4n) is 2.37.